The van der Waals surface area contributed by atoms with E-state index in [0.717, 1.165) is 44.6 Å². The van der Waals surface area contributed by atoms with Crippen molar-refractivity contribution in [2.75, 3.05) is 33.8 Å². The maximum atomic E-state index is 13.4. The molecule has 6 heteroatoms. The van der Waals surface area contributed by atoms with Crippen molar-refractivity contribution in [1.82, 2.24) is 14.8 Å². The third kappa shape index (κ3) is 3.38. The number of carbonyl (C=O) groups excluding carboxylic acids is 1. The van der Waals surface area contributed by atoms with Crippen LogP contribution < -0.4 is 4.74 Å². The monoisotopic (exact) mass is 427 g/mol. The molecule has 0 saturated carbocycles. The van der Waals surface area contributed by atoms with E-state index in [-0.39, 0.29) is 18.3 Å². The fourth-order valence-electron chi connectivity index (χ4n) is 5.74. The molecule has 1 aliphatic carbocycles. The highest BCUT2D eigenvalue weighted by molar-refractivity contribution is 5.97. The quantitative estimate of drug-likeness (QED) is 0.749. The van der Waals surface area contributed by atoms with Crippen molar-refractivity contribution in [3.05, 3.63) is 58.3 Å². The van der Waals surface area contributed by atoms with E-state index in [4.69, 9.17) is 4.74 Å². The van der Waals surface area contributed by atoms with Gasteiger partial charge in [-0.25, -0.2) is 4.98 Å². The summed E-state index contributed by atoms with van der Waals surface area (Å²) in [6.45, 7) is 4.84. The summed E-state index contributed by atoms with van der Waals surface area (Å²) in [4.78, 5) is 22.6. The molecule has 0 N–H and O–H groups in total. The maximum Gasteiger partial charge on any atom is 0.259 e. The SMILES string of the molecule is COc1nc2c(cc1C(=O)N1C[C@@H]3CN(C)[C@@H](c4ccccc4C)[C@@H]3C1)CCC2.Cl. The van der Waals surface area contributed by atoms with Gasteiger partial charge < -0.3 is 9.64 Å². The summed E-state index contributed by atoms with van der Waals surface area (Å²) in [5, 5.41) is 0. The molecule has 30 heavy (non-hydrogen) atoms. The molecule has 160 valence electrons. The van der Waals surface area contributed by atoms with E-state index in [9.17, 15) is 4.79 Å². The lowest BCUT2D eigenvalue weighted by molar-refractivity contribution is 0.0763. The van der Waals surface area contributed by atoms with Crippen molar-refractivity contribution < 1.29 is 9.53 Å². The van der Waals surface area contributed by atoms with E-state index in [2.05, 4.69) is 48.1 Å². The van der Waals surface area contributed by atoms with Crippen LogP contribution in [0, 0.1) is 18.8 Å². The molecule has 1 aromatic carbocycles. The van der Waals surface area contributed by atoms with Gasteiger partial charge >= 0.3 is 0 Å². The van der Waals surface area contributed by atoms with Crippen molar-refractivity contribution in [3.8, 4) is 5.88 Å². The average Bonchev–Trinajstić information content (AvgIpc) is 3.41. The summed E-state index contributed by atoms with van der Waals surface area (Å²) in [5.74, 6) is 1.55. The number of aryl methyl sites for hydroxylation is 3. The van der Waals surface area contributed by atoms with Gasteiger partial charge in [-0.1, -0.05) is 24.3 Å². The van der Waals surface area contributed by atoms with Gasteiger partial charge in [0.15, 0.2) is 0 Å². The van der Waals surface area contributed by atoms with Gasteiger partial charge in [0.05, 0.1) is 7.11 Å². The van der Waals surface area contributed by atoms with Crippen molar-refractivity contribution in [2.24, 2.45) is 11.8 Å². The number of pyridine rings is 1. The van der Waals surface area contributed by atoms with Gasteiger partial charge in [0.25, 0.3) is 5.91 Å². The minimum Gasteiger partial charge on any atom is -0.480 e. The number of carbonyl (C=O) groups is 1. The average molecular weight is 428 g/mol. The Balaban J connectivity index is 0.00000218. The summed E-state index contributed by atoms with van der Waals surface area (Å²) >= 11 is 0. The van der Waals surface area contributed by atoms with Crippen LogP contribution in [0.2, 0.25) is 0 Å². The van der Waals surface area contributed by atoms with E-state index >= 15 is 0 Å². The predicted octanol–water partition coefficient (Wildman–Crippen LogP) is 3.68. The number of hydrogen-bond donors (Lipinski definition) is 0. The van der Waals surface area contributed by atoms with E-state index in [1.165, 1.54) is 16.7 Å². The lowest BCUT2D eigenvalue weighted by Crippen LogP contribution is -2.34. The number of fused-ring (bicyclic) bond motifs is 2. The molecule has 0 radical (unpaired) electrons. The van der Waals surface area contributed by atoms with Crippen LogP contribution in [0.5, 0.6) is 5.88 Å². The molecular formula is C24H30ClN3O2. The van der Waals surface area contributed by atoms with Gasteiger partial charge in [-0.05, 0) is 61.9 Å². The van der Waals surface area contributed by atoms with Crippen LogP contribution in [-0.4, -0.2) is 54.5 Å². The van der Waals surface area contributed by atoms with Gasteiger partial charge in [-0.2, -0.15) is 0 Å². The first-order chi connectivity index (χ1) is 14.1. The van der Waals surface area contributed by atoms with Crippen LogP contribution in [0.4, 0.5) is 0 Å². The molecule has 0 spiro atoms. The molecule has 3 atom stereocenters. The first kappa shape index (κ1) is 21.1. The number of rotatable bonds is 3. The number of halogens is 1. The van der Waals surface area contributed by atoms with E-state index in [1.54, 1.807) is 7.11 Å². The number of methoxy groups -OCH3 is 1. The van der Waals surface area contributed by atoms with Crippen molar-refractivity contribution in [1.29, 1.82) is 0 Å². The summed E-state index contributed by atoms with van der Waals surface area (Å²) in [5.41, 5.74) is 5.67. The van der Waals surface area contributed by atoms with E-state index < -0.39 is 0 Å². The molecular weight excluding hydrogens is 398 g/mol. The molecule has 2 saturated heterocycles. The first-order valence-electron chi connectivity index (χ1n) is 10.7. The van der Waals surface area contributed by atoms with Crippen LogP contribution in [0.15, 0.2) is 30.3 Å². The van der Waals surface area contributed by atoms with E-state index in [1.807, 2.05) is 11.0 Å². The van der Waals surface area contributed by atoms with Gasteiger partial charge in [0, 0.05) is 37.3 Å². The van der Waals surface area contributed by atoms with Crippen molar-refractivity contribution in [3.63, 3.8) is 0 Å². The number of nitrogens with zero attached hydrogens (tertiary/aromatic N) is 3. The van der Waals surface area contributed by atoms with Crippen molar-refractivity contribution >= 4 is 18.3 Å². The van der Waals surface area contributed by atoms with Gasteiger partial charge in [0.2, 0.25) is 5.88 Å². The molecule has 1 aromatic heterocycles. The van der Waals surface area contributed by atoms with Crippen LogP contribution in [0.25, 0.3) is 0 Å². The largest absolute Gasteiger partial charge is 0.480 e. The predicted molar refractivity (Wildman–Crippen MR) is 119 cm³/mol. The highest BCUT2D eigenvalue weighted by atomic mass is 35.5. The Kier molecular flexibility index (Phi) is 5.78. The summed E-state index contributed by atoms with van der Waals surface area (Å²) in [6, 6.07) is 11.1. The molecule has 5 rings (SSSR count). The zero-order valence-corrected chi connectivity index (χ0v) is 18.7. The van der Waals surface area contributed by atoms with Crippen molar-refractivity contribution in [2.45, 2.75) is 32.2 Å². The Hall–Kier alpha value is -2.11. The first-order valence-corrected chi connectivity index (χ1v) is 10.7. The van der Waals surface area contributed by atoms with Crippen LogP contribution in [0.1, 0.15) is 45.2 Å². The Labute approximate surface area is 184 Å². The zero-order chi connectivity index (χ0) is 20.1. The second kappa shape index (κ2) is 8.20. The molecule has 0 bridgehead atoms. The molecule has 3 aliphatic rings. The third-order valence-electron chi connectivity index (χ3n) is 7.13. The number of hydrogen-bond acceptors (Lipinski definition) is 4. The Morgan fingerprint density at radius 2 is 1.97 bits per heavy atom. The minimum absolute atomic E-state index is 0. The third-order valence-corrected chi connectivity index (χ3v) is 7.13. The van der Waals surface area contributed by atoms with E-state index in [0.29, 0.717) is 29.3 Å². The summed E-state index contributed by atoms with van der Waals surface area (Å²) < 4.78 is 5.50. The second-order valence-electron chi connectivity index (χ2n) is 8.88. The molecule has 0 unspecified atom stereocenters. The van der Waals surface area contributed by atoms with Crippen LogP contribution in [-0.2, 0) is 12.8 Å². The van der Waals surface area contributed by atoms with Gasteiger partial charge in [0.1, 0.15) is 5.56 Å². The lowest BCUT2D eigenvalue weighted by Gasteiger charge is -2.28. The number of likely N-dealkylation sites (tertiary alicyclic amines) is 2. The number of benzene rings is 1. The summed E-state index contributed by atoms with van der Waals surface area (Å²) in [6.07, 6.45) is 3.11. The number of aromatic nitrogens is 1. The van der Waals surface area contributed by atoms with Crippen LogP contribution >= 0.6 is 12.4 Å². The van der Waals surface area contributed by atoms with Crippen LogP contribution in [0.3, 0.4) is 0 Å². The minimum atomic E-state index is 0. The highest BCUT2D eigenvalue weighted by Crippen LogP contribution is 2.45. The smallest absolute Gasteiger partial charge is 0.259 e. The molecule has 2 fully saturated rings. The standard InChI is InChI=1S/C24H29N3O2.ClH/c1-15-7-4-5-9-18(15)22-20-14-27(13-17(20)12-26(22)2)24(28)19-11-16-8-6-10-21(16)25-23(19)29-3;/h4-5,7,9,11,17,20,22H,6,8,10,12-14H2,1-3H3;1H/t17-,20+,22-;/m0./s1. The topological polar surface area (TPSA) is 45.7 Å². The molecule has 2 aromatic rings. The highest BCUT2D eigenvalue weighted by Gasteiger charge is 2.48. The molecule has 1 amide bonds. The zero-order valence-electron chi connectivity index (χ0n) is 17.9. The maximum absolute atomic E-state index is 13.4. The number of amides is 1. The molecule has 2 aliphatic heterocycles. The van der Waals surface area contributed by atoms with Gasteiger partial charge in [-0.15, -0.1) is 12.4 Å². The Morgan fingerprint density at radius 1 is 1.17 bits per heavy atom. The summed E-state index contributed by atoms with van der Waals surface area (Å²) in [7, 11) is 3.83. The fraction of sp³-hybridized carbons (Fsp3) is 0.500. The molecule has 3 heterocycles. The Bertz CT molecular complexity index is 963. The molecule has 5 nitrogen and oxygen atoms in total. The Morgan fingerprint density at radius 3 is 2.73 bits per heavy atom. The fourth-order valence-corrected chi connectivity index (χ4v) is 5.74. The normalized spacial score (nSPS) is 25.0. The lowest BCUT2D eigenvalue weighted by atomic mass is 9.88. The second-order valence-corrected chi connectivity index (χ2v) is 8.88. The van der Waals surface area contributed by atoms with Gasteiger partial charge in [-0.3, -0.25) is 9.69 Å². The number of ether oxygens (including phenoxy) is 1.